The SMILES string of the molecule is CC(C)(C)OC(=O)N1CCO[C@H]([C@@H](Oc2ccccc2OCC=CI)c2ccccc2)C1. The molecule has 0 spiro atoms. The zero-order valence-electron chi connectivity index (χ0n) is 18.7. The Morgan fingerprint density at radius 2 is 1.84 bits per heavy atom. The standard InChI is InChI=1S/C25H30INO5/c1-25(2,3)32-24(28)27-15-17-30-22(18-27)23(19-10-5-4-6-11-19)31-21-13-8-7-12-20(21)29-16-9-14-26/h4-14,22-23H,15-18H2,1-3H3/t22-,23-/m0/s1. The summed E-state index contributed by atoms with van der Waals surface area (Å²) in [6.07, 6.45) is 0.800. The van der Waals surface area contributed by atoms with Gasteiger partial charge in [0, 0.05) is 6.54 Å². The summed E-state index contributed by atoms with van der Waals surface area (Å²) in [7, 11) is 0. The number of nitrogens with zero attached hydrogens (tertiary/aromatic N) is 1. The number of carbonyl (C=O) groups excluding carboxylic acids is 1. The van der Waals surface area contributed by atoms with Crippen LogP contribution in [0.1, 0.15) is 32.4 Å². The van der Waals surface area contributed by atoms with E-state index >= 15 is 0 Å². The molecule has 0 radical (unpaired) electrons. The third-order valence-corrected chi connectivity index (χ3v) is 5.25. The number of rotatable bonds is 7. The van der Waals surface area contributed by atoms with Crippen LogP contribution in [0.4, 0.5) is 4.79 Å². The zero-order valence-corrected chi connectivity index (χ0v) is 20.9. The van der Waals surface area contributed by atoms with Gasteiger partial charge in [-0.2, -0.15) is 0 Å². The first kappa shape index (κ1) is 24.4. The number of carbonyl (C=O) groups is 1. The van der Waals surface area contributed by atoms with Crippen molar-refractivity contribution in [1.82, 2.24) is 4.90 Å². The van der Waals surface area contributed by atoms with Crippen LogP contribution in [-0.2, 0) is 9.47 Å². The van der Waals surface area contributed by atoms with Gasteiger partial charge in [0.05, 0.1) is 13.2 Å². The van der Waals surface area contributed by atoms with Crippen LogP contribution in [-0.4, -0.2) is 49.0 Å². The highest BCUT2D eigenvalue weighted by molar-refractivity contribution is 14.1. The van der Waals surface area contributed by atoms with E-state index in [-0.39, 0.29) is 12.2 Å². The summed E-state index contributed by atoms with van der Waals surface area (Å²) in [6, 6.07) is 17.5. The molecule has 3 rings (SSSR count). The Kier molecular flexibility index (Phi) is 8.81. The fourth-order valence-corrected chi connectivity index (χ4v) is 3.54. The van der Waals surface area contributed by atoms with Crippen molar-refractivity contribution < 1.29 is 23.7 Å². The largest absolute Gasteiger partial charge is 0.486 e. The number of morpholine rings is 1. The summed E-state index contributed by atoms with van der Waals surface area (Å²) in [5.41, 5.74) is 0.411. The summed E-state index contributed by atoms with van der Waals surface area (Å²) >= 11 is 2.16. The van der Waals surface area contributed by atoms with Gasteiger partial charge in [0.15, 0.2) is 17.6 Å². The first-order valence-electron chi connectivity index (χ1n) is 10.7. The second-order valence-electron chi connectivity index (χ2n) is 8.40. The minimum absolute atomic E-state index is 0.341. The Morgan fingerprint density at radius 1 is 1.16 bits per heavy atom. The van der Waals surface area contributed by atoms with Crippen molar-refractivity contribution in [2.45, 2.75) is 38.6 Å². The van der Waals surface area contributed by atoms with E-state index in [9.17, 15) is 4.79 Å². The summed E-state index contributed by atoms with van der Waals surface area (Å²) in [4.78, 5) is 14.3. The second kappa shape index (κ2) is 11.6. The lowest BCUT2D eigenvalue weighted by Crippen LogP contribution is -2.50. The highest BCUT2D eigenvalue weighted by Gasteiger charge is 2.35. The molecule has 1 saturated heterocycles. The fraction of sp³-hybridized carbons (Fsp3) is 0.400. The Hall–Kier alpha value is -2.26. The second-order valence-corrected chi connectivity index (χ2v) is 9.12. The van der Waals surface area contributed by atoms with Crippen LogP contribution in [0.25, 0.3) is 0 Å². The van der Waals surface area contributed by atoms with Gasteiger partial charge in [-0.3, -0.25) is 0 Å². The van der Waals surface area contributed by atoms with Crippen LogP contribution in [0.5, 0.6) is 11.5 Å². The van der Waals surface area contributed by atoms with Gasteiger partial charge < -0.3 is 23.8 Å². The van der Waals surface area contributed by atoms with Crippen LogP contribution in [0, 0.1) is 0 Å². The number of benzene rings is 2. The molecular formula is C25H30INO5. The minimum atomic E-state index is -0.553. The Bertz CT molecular complexity index is 897. The molecule has 2 aromatic rings. The molecule has 1 aliphatic heterocycles. The van der Waals surface area contributed by atoms with Gasteiger partial charge in [0.1, 0.15) is 18.3 Å². The lowest BCUT2D eigenvalue weighted by Gasteiger charge is -2.37. The van der Waals surface area contributed by atoms with Crippen molar-refractivity contribution >= 4 is 28.7 Å². The number of para-hydroxylation sites is 2. The maximum absolute atomic E-state index is 12.7. The minimum Gasteiger partial charge on any atom is -0.486 e. The van der Waals surface area contributed by atoms with E-state index in [0.717, 1.165) is 5.56 Å². The van der Waals surface area contributed by atoms with E-state index in [0.29, 0.717) is 37.8 Å². The highest BCUT2D eigenvalue weighted by atomic mass is 127. The van der Waals surface area contributed by atoms with Crippen LogP contribution < -0.4 is 9.47 Å². The third-order valence-electron chi connectivity index (χ3n) is 4.74. The molecule has 2 aromatic carbocycles. The van der Waals surface area contributed by atoms with E-state index in [1.165, 1.54) is 0 Å². The molecule has 2 atom stereocenters. The predicted octanol–water partition coefficient (Wildman–Crippen LogP) is 5.77. The van der Waals surface area contributed by atoms with Gasteiger partial charge in [0.2, 0.25) is 0 Å². The van der Waals surface area contributed by atoms with Crippen molar-refractivity contribution in [1.29, 1.82) is 0 Å². The first-order valence-corrected chi connectivity index (χ1v) is 11.9. The average Bonchev–Trinajstić information content (AvgIpc) is 2.78. The molecule has 0 bridgehead atoms. The van der Waals surface area contributed by atoms with Gasteiger partial charge in [-0.05, 0) is 48.6 Å². The maximum atomic E-state index is 12.7. The van der Waals surface area contributed by atoms with Crippen molar-refractivity contribution in [3.8, 4) is 11.5 Å². The molecule has 0 saturated carbocycles. The summed E-state index contributed by atoms with van der Waals surface area (Å²) in [6.45, 7) is 7.31. The van der Waals surface area contributed by atoms with E-state index < -0.39 is 11.7 Å². The first-order chi connectivity index (χ1) is 15.4. The average molecular weight is 551 g/mol. The van der Waals surface area contributed by atoms with Crippen molar-refractivity contribution in [2.24, 2.45) is 0 Å². The molecule has 172 valence electrons. The molecule has 7 heteroatoms. The Labute approximate surface area is 203 Å². The summed E-state index contributed by atoms with van der Waals surface area (Å²) < 4.78 is 25.9. The van der Waals surface area contributed by atoms with Crippen LogP contribution in [0.2, 0.25) is 0 Å². The van der Waals surface area contributed by atoms with E-state index in [1.807, 2.05) is 85.5 Å². The molecule has 0 aromatic heterocycles. The van der Waals surface area contributed by atoms with Crippen molar-refractivity contribution in [3.63, 3.8) is 0 Å². The molecule has 0 N–H and O–H groups in total. The topological polar surface area (TPSA) is 57.2 Å². The lowest BCUT2D eigenvalue weighted by molar-refractivity contribution is -0.0840. The summed E-state index contributed by atoms with van der Waals surface area (Å²) in [5, 5.41) is 0. The molecule has 0 aliphatic carbocycles. The molecule has 1 fully saturated rings. The Balaban J connectivity index is 1.82. The maximum Gasteiger partial charge on any atom is 0.410 e. The van der Waals surface area contributed by atoms with Gasteiger partial charge in [-0.1, -0.05) is 65.1 Å². The fourth-order valence-electron chi connectivity index (χ4n) is 3.33. The van der Waals surface area contributed by atoms with Gasteiger partial charge in [0.25, 0.3) is 0 Å². The molecule has 1 aliphatic rings. The van der Waals surface area contributed by atoms with Gasteiger partial charge in [-0.25, -0.2) is 4.79 Å². The summed E-state index contributed by atoms with van der Waals surface area (Å²) in [5.74, 6) is 1.28. The normalized spacial score (nSPS) is 17.8. The van der Waals surface area contributed by atoms with Gasteiger partial charge in [-0.15, -0.1) is 0 Å². The highest BCUT2D eigenvalue weighted by Crippen LogP contribution is 2.34. The molecular weight excluding hydrogens is 521 g/mol. The lowest BCUT2D eigenvalue weighted by atomic mass is 10.0. The van der Waals surface area contributed by atoms with Crippen molar-refractivity contribution in [2.75, 3.05) is 26.3 Å². The zero-order chi connectivity index (χ0) is 23.0. The quantitative estimate of drug-likeness (QED) is 0.409. The van der Waals surface area contributed by atoms with Crippen LogP contribution >= 0.6 is 22.6 Å². The monoisotopic (exact) mass is 551 g/mol. The van der Waals surface area contributed by atoms with E-state index in [1.54, 1.807) is 4.90 Å². The predicted molar refractivity (Wildman–Crippen MR) is 132 cm³/mol. The van der Waals surface area contributed by atoms with Crippen LogP contribution in [0.3, 0.4) is 0 Å². The smallest absolute Gasteiger partial charge is 0.410 e. The number of hydrogen-bond acceptors (Lipinski definition) is 5. The third kappa shape index (κ3) is 7.13. The van der Waals surface area contributed by atoms with Crippen molar-refractivity contribution in [3.05, 3.63) is 70.3 Å². The molecule has 6 nitrogen and oxygen atoms in total. The van der Waals surface area contributed by atoms with Crippen LogP contribution in [0.15, 0.2) is 64.8 Å². The number of amides is 1. The van der Waals surface area contributed by atoms with E-state index in [2.05, 4.69) is 22.6 Å². The molecule has 1 heterocycles. The molecule has 32 heavy (non-hydrogen) atoms. The number of hydrogen-bond donors (Lipinski definition) is 0. The Morgan fingerprint density at radius 3 is 2.53 bits per heavy atom. The number of ether oxygens (including phenoxy) is 4. The number of halogens is 1. The molecule has 0 unspecified atom stereocenters. The van der Waals surface area contributed by atoms with Gasteiger partial charge >= 0.3 is 6.09 Å². The molecule has 1 amide bonds. The van der Waals surface area contributed by atoms with E-state index in [4.69, 9.17) is 18.9 Å².